The summed E-state index contributed by atoms with van der Waals surface area (Å²) in [6, 6.07) is 4.19. The van der Waals surface area contributed by atoms with E-state index in [4.69, 9.17) is 20.9 Å². The molecule has 5 nitrogen and oxygen atoms in total. The van der Waals surface area contributed by atoms with Gasteiger partial charge in [-0.25, -0.2) is 4.39 Å². The number of nitrogens with zero attached hydrogens (tertiary/aromatic N) is 2. The van der Waals surface area contributed by atoms with Crippen molar-refractivity contribution in [1.82, 2.24) is 10.1 Å². The molecule has 0 bridgehead atoms. The van der Waals surface area contributed by atoms with E-state index in [0.29, 0.717) is 36.9 Å². The Kier molecular flexibility index (Phi) is 3.69. The smallest absolute Gasteiger partial charge is 0.235 e. The molecule has 0 spiro atoms. The molecule has 0 amide bonds. The van der Waals surface area contributed by atoms with Gasteiger partial charge < -0.3 is 14.4 Å². The summed E-state index contributed by atoms with van der Waals surface area (Å²) in [5.41, 5.74) is 0.553. The van der Waals surface area contributed by atoms with Gasteiger partial charge in [0.25, 0.3) is 0 Å². The van der Waals surface area contributed by atoms with E-state index in [2.05, 4.69) is 10.1 Å². The zero-order valence-electron chi connectivity index (χ0n) is 10.4. The number of ether oxygens (including phenoxy) is 1. The van der Waals surface area contributed by atoms with Gasteiger partial charge in [-0.2, -0.15) is 4.98 Å². The van der Waals surface area contributed by atoms with Crippen LogP contribution < -0.4 is 0 Å². The van der Waals surface area contributed by atoms with Gasteiger partial charge in [0.2, 0.25) is 11.7 Å². The Balaban J connectivity index is 1.87. The van der Waals surface area contributed by atoms with Crippen LogP contribution in [0.3, 0.4) is 0 Å². The number of hydrogen-bond donors (Lipinski definition) is 1. The molecule has 1 fully saturated rings. The van der Waals surface area contributed by atoms with Crippen LogP contribution >= 0.6 is 11.6 Å². The molecule has 2 heterocycles. The number of aliphatic hydroxyl groups is 1. The van der Waals surface area contributed by atoms with E-state index in [0.717, 1.165) is 0 Å². The van der Waals surface area contributed by atoms with E-state index in [9.17, 15) is 9.50 Å². The first kappa shape index (κ1) is 13.5. The van der Waals surface area contributed by atoms with Crippen molar-refractivity contribution in [3.05, 3.63) is 34.9 Å². The molecule has 106 valence electrons. The van der Waals surface area contributed by atoms with Gasteiger partial charge in [0.1, 0.15) is 5.82 Å². The Morgan fingerprint density at radius 1 is 1.40 bits per heavy atom. The Morgan fingerprint density at radius 3 is 3.00 bits per heavy atom. The molecule has 2 aromatic rings. The summed E-state index contributed by atoms with van der Waals surface area (Å²) >= 11 is 5.72. The first-order valence-corrected chi connectivity index (χ1v) is 6.58. The van der Waals surface area contributed by atoms with Crippen molar-refractivity contribution in [2.45, 2.75) is 18.4 Å². The fourth-order valence-electron chi connectivity index (χ4n) is 2.10. The Morgan fingerprint density at radius 2 is 2.25 bits per heavy atom. The van der Waals surface area contributed by atoms with E-state index >= 15 is 0 Å². The van der Waals surface area contributed by atoms with Gasteiger partial charge in [-0.15, -0.1) is 0 Å². The summed E-state index contributed by atoms with van der Waals surface area (Å²) in [5, 5.41) is 13.7. The predicted molar refractivity (Wildman–Crippen MR) is 68.9 cm³/mol. The van der Waals surface area contributed by atoms with E-state index in [1.807, 2.05) is 0 Å². The lowest BCUT2D eigenvalue weighted by atomic mass is 9.99. The van der Waals surface area contributed by atoms with Gasteiger partial charge in [-0.1, -0.05) is 16.8 Å². The van der Waals surface area contributed by atoms with Crippen molar-refractivity contribution in [2.75, 3.05) is 13.2 Å². The fourth-order valence-corrected chi connectivity index (χ4v) is 2.28. The molecule has 1 aromatic carbocycles. The summed E-state index contributed by atoms with van der Waals surface area (Å²) in [4.78, 5) is 4.23. The topological polar surface area (TPSA) is 68.4 Å². The molecule has 2 unspecified atom stereocenters. The van der Waals surface area contributed by atoms with Gasteiger partial charge in [0, 0.05) is 12.2 Å². The number of halogens is 2. The molecule has 1 aromatic heterocycles. The lowest BCUT2D eigenvalue weighted by Crippen LogP contribution is -2.30. The lowest BCUT2D eigenvalue weighted by Gasteiger charge is -2.24. The van der Waals surface area contributed by atoms with Crippen LogP contribution in [0.5, 0.6) is 0 Å². The van der Waals surface area contributed by atoms with Crippen LogP contribution in [0.1, 0.15) is 18.2 Å². The molecule has 1 saturated heterocycles. The van der Waals surface area contributed by atoms with Crippen molar-refractivity contribution in [3.8, 4) is 11.4 Å². The van der Waals surface area contributed by atoms with E-state index < -0.39 is 11.9 Å². The number of aliphatic hydroxyl groups excluding tert-OH is 1. The summed E-state index contributed by atoms with van der Waals surface area (Å²) in [6.45, 7) is 0.860. The summed E-state index contributed by atoms with van der Waals surface area (Å²) in [5.74, 6) is -0.219. The predicted octanol–water partition coefficient (Wildman–Crippen LogP) is 2.39. The first-order chi connectivity index (χ1) is 9.65. The Labute approximate surface area is 119 Å². The van der Waals surface area contributed by atoms with Crippen molar-refractivity contribution >= 4 is 11.6 Å². The van der Waals surface area contributed by atoms with E-state index in [-0.39, 0.29) is 10.9 Å². The van der Waals surface area contributed by atoms with Gasteiger partial charge in [0.15, 0.2) is 0 Å². The van der Waals surface area contributed by atoms with Crippen LogP contribution in [-0.2, 0) is 4.74 Å². The molecule has 0 radical (unpaired) electrons. The number of hydrogen-bond acceptors (Lipinski definition) is 5. The van der Waals surface area contributed by atoms with E-state index in [1.165, 1.54) is 18.2 Å². The zero-order chi connectivity index (χ0) is 14.1. The fraction of sp³-hybridized carbons (Fsp3) is 0.385. The number of benzene rings is 1. The van der Waals surface area contributed by atoms with Crippen molar-refractivity contribution in [2.24, 2.45) is 0 Å². The van der Waals surface area contributed by atoms with Crippen molar-refractivity contribution < 1.29 is 18.8 Å². The maximum atomic E-state index is 13.1. The minimum absolute atomic E-state index is 0.00474. The molecule has 0 saturated carbocycles. The van der Waals surface area contributed by atoms with Crippen molar-refractivity contribution in [1.29, 1.82) is 0 Å². The van der Waals surface area contributed by atoms with Crippen LogP contribution in [0.25, 0.3) is 11.4 Å². The van der Waals surface area contributed by atoms with E-state index in [1.54, 1.807) is 0 Å². The summed E-state index contributed by atoms with van der Waals surface area (Å²) < 4.78 is 23.6. The molecular weight excluding hydrogens is 287 g/mol. The average Bonchev–Trinajstić information content (AvgIpc) is 2.92. The number of aromatic nitrogens is 2. The molecule has 7 heteroatoms. The van der Waals surface area contributed by atoms with Crippen molar-refractivity contribution in [3.63, 3.8) is 0 Å². The highest BCUT2D eigenvalue weighted by Crippen LogP contribution is 2.28. The summed E-state index contributed by atoms with van der Waals surface area (Å²) in [7, 11) is 0. The highest BCUT2D eigenvalue weighted by atomic mass is 35.5. The Bertz CT molecular complexity index is 619. The quantitative estimate of drug-likeness (QED) is 0.922. The van der Waals surface area contributed by atoms with Gasteiger partial charge in [0.05, 0.1) is 23.7 Å². The molecular formula is C13H12ClFN2O3. The standard InChI is InChI=1S/C13H12ClFN2O3/c14-9-5-7(1-2-10(9)15)12-16-13(20-17-12)8-6-19-4-3-11(8)18/h1-2,5,8,11,18H,3-4,6H2. The molecule has 2 atom stereocenters. The van der Waals surface area contributed by atoms with Crippen LogP contribution in [0.15, 0.2) is 22.7 Å². The van der Waals surface area contributed by atoms with Crippen LogP contribution in [-0.4, -0.2) is 34.6 Å². The molecule has 1 aliphatic rings. The summed E-state index contributed by atoms with van der Waals surface area (Å²) in [6.07, 6.45) is -0.0287. The molecule has 1 N–H and O–H groups in total. The maximum absolute atomic E-state index is 13.1. The molecule has 1 aliphatic heterocycles. The highest BCUT2D eigenvalue weighted by molar-refractivity contribution is 6.31. The van der Waals surface area contributed by atoms with Crippen LogP contribution in [0.4, 0.5) is 4.39 Å². The highest BCUT2D eigenvalue weighted by Gasteiger charge is 2.30. The third kappa shape index (κ3) is 2.54. The SMILES string of the molecule is OC1CCOCC1c1nc(-c2ccc(F)c(Cl)c2)no1. The van der Waals surface area contributed by atoms with Gasteiger partial charge >= 0.3 is 0 Å². The van der Waals surface area contributed by atoms with Gasteiger partial charge in [-0.05, 0) is 24.6 Å². The van der Waals surface area contributed by atoms with Crippen LogP contribution in [0.2, 0.25) is 5.02 Å². The minimum Gasteiger partial charge on any atom is -0.392 e. The Hall–Kier alpha value is -1.50. The third-order valence-corrected chi connectivity index (χ3v) is 3.55. The molecule has 3 rings (SSSR count). The first-order valence-electron chi connectivity index (χ1n) is 6.20. The monoisotopic (exact) mass is 298 g/mol. The number of rotatable bonds is 2. The normalized spacial score (nSPS) is 22.9. The zero-order valence-corrected chi connectivity index (χ0v) is 11.2. The van der Waals surface area contributed by atoms with Gasteiger partial charge in [-0.3, -0.25) is 0 Å². The molecule has 0 aliphatic carbocycles. The third-order valence-electron chi connectivity index (χ3n) is 3.26. The average molecular weight is 299 g/mol. The second-order valence-electron chi connectivity index (χ2n) is 4.62. The van der Waals surface area contributed by atoms with Crippen LogP contribution in [0, 0.1) is 5.82 Å². The lowest BCUT2D eigenvalue weighted by molar-refractivity contribution is -0.0149. The second kappa shape index (κ2) is 5.47. The second-order valence-corrected chi connectivity index (χ2v) is 5.03. The maximum Gasteiger partial charge on any atom is 0.235 e. The molecule has 20 heavy (non-hydrogen) atoms. The largest absolute Gasteiger partial charge is 0.392 e. The minimum atomic E-state index is -0.561.